The minimum absolute atomic E-state index is 0.213. The lowest BCUT2D eigenvalue weighted by Gasteiger charge is -2.26. The number of nitriles is 1. The van der Waals surface area contributed by atoms with E-state index in [4.69, 9.17) is 0 Å². The highest BCUT2D eigenvalue weighted by atomic mass is 15.1. The molecule has 0 radical (unpaired) electrons. The molecule has 0 aliphatic carbocycles. The van der Waals surface area contributed by atoms with Crippen molar-refractivity contribution in [3.8, 4) is 6.07 Å². The van der Waals surface area contributed by atoms with Crippen molar-refractivity contribution < 1.29 is 0 Å². The summed E-state index contributed by atoms with van der Waals surface area (Å²) >= 11 is 0. The first-order chi connectivity index (χ1) is 11.5. The quantitative estimate of drug-likeness (QED) is 0.878. The third-order valence-electron chi connectivity index (χ3n) is 4.32. The van der Waals surface area contributed by atoms with Crippen LogP contribution in [-0.2, 0) is 6.42 Å². The summed E-state index contributed by atoms with van der Waals surface area (Å²) in [5, 5.41) is 12.8. The summed E-state index contributed by atoms with van der Waals surface area (Å²) in [6.45, 7) is 6.76. The first-order valence-electron chi connectivity index (χ1n) is 8.33. The number of hydrogen-bond donors (Lipinski definition) is 1. The third kappa shape index (κ3) is 4.12. The van der Waals surface area contributed by atoms with Crippen LogP contribution in [0.1, 0.15) is 40.9 Å². The summed E-state index contributed by atoms with van der Waals surface area (Å²) in [5.74, 6) is 0.673. The smallest absolute Gasteiger partial charge is 0.144 e. The van der Waals surface area contributed by atoms with Crippen molar-refractivity contribution in [3.05, 3.63) is 58.3 Å². The van der Waals surface area contributed by atoms with Crippen molar-refractivity contribution >= 4 is 5.82 Å². The molecule has 1 unspecified atom stereocenters. The fourth-order valence-corrected chi connectivity index (χ4v) is 2.87. The number of benzene rings is 1. The van der Waals surface area contributed by atoms with Crippen molar-refractivity contribution in [3.63, 3.8) is 0 Å². The molecule has 0 saturated carbocycles. The molecule has 0 spiro atoms. The summed E-state index contributed by atoms with van der Waals surface area (Å²) in [7, 11) is 4.14. The lowest BCUT2D eigenvalue weighted by molar-refractivity contribution is 0.311. The zero-order valence-electron chi connectivity index (χ0n) is 15.2. The van der Waals surface area contributed by atoms with Gasteiger partial charge in [-0.3, -0.25) is 0 Å². The van der Waals surface area contributed by atoms with Crippen LogP contribution in [-0.4, -0.2) is 30.5 Å². The molecule has 4 nitrogen and oxygen atoms in total. The van der Waals surface area contributed by atoms with E-state index in [1.807, 2.05) is 19.9 Å². The monoisotopic (exact) mass is 322 g/mol. The van der Waals surface area contributed by atoms with Crippen molar-refractivity contribution in [2.45, 2.75) is 33.2 Å². The maximum absolute atomic E-state index is 9.40. The Labute approximate surface area is 145 Å². The van der Waals surface area contributed by atoms with Gasteiger partial charge < -0.3 is 10.2 Å². The maximum atomic E-state index is 9.40. The number of rotatable bonds is 6. The molecule has 1 atom stereocenters. The van der Waals surface area contributed by atoms with E-state index in [0.29, 0.717) is 17.9 Å². The summed E-state index contributed by atoms with van der Waals surface area (Å²) in [5.41, 5.74) is 5.10. The fourth-order valence-electron chi connectivity index (χ4n) is 2.87. The number of nitrogens with zero attached hydrogens (tertiary/aromatic N) is 3. The Balaban J connectivity index is 2.22. The molecule has 1 aromatic heterocycles. The molecule has 0 aliphatic heterocycles. The van der Waals surface area contributed by atoms with Crippen LogP contribution in [0.2, 0.25) is 0 Å². The van der Waals surface area contributed by atoms with Gasteiger partial charge in [-0.1, -0.05) is 31.2 Å². The summed E-state index contributed by atoms with van der Waals surface area (Å²) in [6, 6.07) is 13.2. The molecule has 4 heteroatoms. The zero-order chi connectivity index (χ0) is 17.7. The second-order valence-electron chi connectivity index (χ2n) is 6.37. The highest BCUT2D eigenvalue weighted by Crippen LogP contribution is 2.22. The van der Waals surface area contributed by atoms with Crippen LogP contribution in [0.15, 0.2) is 30.3 Å². The van der Waals surface area contributed by atoms with Crippen LogP contribution in [0.4, 0.5) is 5.82 Å². The topological polar surface area (TPSA) is 52.0 Å². The largest absolute Gasteiger partial charge is 0.367 e. The van der Waals surface area contributed by atoms with E-state index >= 15 is 0 Å². The van der Waals surface area contributed by atoms with E-state index in [0.717, 1.165) is 17.7 Å². The van der Waals surface area contributed by atoms with Crippen LogP contribution in [0.5, 0.6) is 0 Å². The number of anilines is 1. The highest BCUT2D eigenvalue weighted by Gasteiger charge is 2.16. The second-order valence-corrected chi connectivity index (χ2v) is 6.37. The standard InChI is InChI=1S/C20H26N4/c1-6-16-7-9-17(10-8-16)19(24(4)5)13-22-20-18(12-21)14(2)11-15(3)23-20/h7-11,19H,6,13H2,1-5H3,(H,22,23). The Hall–Kier alpha value is -2.38. The lowest BCUT2D eigenvalue weighted by atomic mass is 10.0. The minimum atomic E-state index is 0.213. The molecule has 24 heavy (non-hydrogen) atoms. The molecular formula is C20H26N4. The number of nitrogens with one attached hydrogen (secondary N) is 1. The van der Waals surface area contributed by atoms with Gasteiger partial charge in [-0.05, 0) is 57.1 Å². The van der Waals surface area contributed by atoms with Gasteiger partial charge in [0.15, 0.2) is 0 Å². The molecule has 2 aromatic rings. The maximum Gasteiger partial charge on any atom is 0.144 e. The number of aromatic nitrogens is 1. The predicted molar refractivity (Wildman–Crippen MR) is 99.2 cm³/mol. The van der Waals surface area contributed by atoms with E-state index in [1.165, 1.54) is 11.1 Å². The lowest BCUT2D eigenvalue weighted by Crippen LogP contribution is -2.27. The van der Waals surface area contributed by atoms with Crippen LogP contribution in [0.3, 0.4) is 0 Å². The van der Waals surface area contributed by atoms with Gasteiger partial charge in [-0.25, -0.2) is 4.98 Å². The summed E-state index contributed by atoms with van der Waals surface area (Å²) < 4.78 is 0. The third-order valence-corrected chi connectivity index (χ3v) is 4.32. The Morgan fingerprint density at radius 1 is 1.21 bits per heavy atom. The van der Waals surface area contributed by atoms with Gasteiger partial charge in [0, 0.05) is 12.2 Å². The molecule has 0 fully saturated rings. The van der Waals surface area contributed by atoms with Gasteiger partial charge >= 0.3 is 0 Å². The molecule has 0 saturated heterocycles. The minimum Gasteiger partial charge on any atom is -0.367 e. The average Bonchev–Trinajstić information content (AvgIpc) is 2.55. The van der Waals surface area contributed by atoms with E-state index in [-0.39, 0.29) is 6.04 Å². The number of aryl methyl sites for hydroxylation is 3. The number of likely N-dealkylation sites (N-methyl/N-ethyl adjacent to an activating group) is 1. The SMILES string of the molecule is CCc1ccc(C(CNc2nc(C)cc(C)c2C#N)N(C)C)cc1. The van der Waals surface area contributed by atoms with Crippen molar-refractivity contribution in [2.75, 3.05) is 26.0 Å². The number of pyridine rings is 1. The molecule has 1 aromatic carbocycles. The molecule has 2 rings (SSSR count). The molecule has 1 N–H and O–H groups in total. The molecule has 0 bridgehead atoms. The average molecular weight is 322 g/mol. The van der Waals surface area contributed by atoms with Crippen LogP contribution < -0.4 is 5.32 Å². The Bertz CT molecular complexity index is 727. The van der Waals surface area contributed by atoms with Crippen LogP contribution >= 0.6 is 0 Å². The van der Waals surface area contributed by atoms with Crippen LogP contribution in [0.25, 0.3) is 0 Å². The van der Waals surface area contributed by atoms with Gasteiger partial charge in [0.2, 0.25) is 0 Å². The normalized spacial score (nSPS) is 12.0. The molecule has 126 valence electrons. The molecule has 0 amide bonds. The number of hydrogen-bond acceptors (Lipinski definition) is 4. The van der Waals surface area contributed by atoms with Gasteiger partial charge in [0.25, 0.3) is 0 Å². The summed E-state index contributed by atoms with van der Waals surface area (Å²) in [4.78, 5) is 6.69. The van der Waals surface area contributed by atoms with E-state index in [2.05, 4.69) is 66.6 Å². The van der Waals surface area contributed by atoms with Crippen molar-refractivity contribution in [2.24, 2.45) is 0 Å². The highest BCUT2D eigenvalue weighted by molar-refractivity contribution is 5.56. The Kier molecular flexibility index (Phi) is 5.94. The second kappa shape index (κ2) is 7.94. The zero-order valence-corrected chi connectivity index (χ0v) is 15.2. The van der Waals surface area contributed by atoms with Gasteiger partial charge in [-0.15, -0.1) is 0 Å². The van der Waals surface area contributed by atoms with E-state index in [9.17, 15) is 5.26 Å². The van der Waals surface area contributed by atoms with Gasteiger partial charge in [-0.2, -0.15) is 5.26 Å². The first-order valence-corrected chi connectivity index (χ1v) is 8.33. The van der Waals surface area contributed by atoms with Gasteiger partial charge in [0.05, 0.1) is 11.6 Å². The fraction of sp³-hybridized carbons (Fsp3) is 0.400. The Morgan fingerprint density at radius 3 is 2.42 bits per heavy atom. The Morgan fingerprint density at radius 2 is 1.88 bits per heavy atom. The van der Waals surface area contributed by atoms with Gasteiger partial charge in [0.1, 0.15) is 11.9 Å². The molecular weight excluding hydrogens is 296 g/mol. The van der Waals surface area contributed by atoms with Crippen molar-refractivity contribution in [1.82, 2.24) is 9.88 Å². The molecule has 0 aliphatic rings. The summed E-state index contributed by atoms with van der Waals surface area (Å²) in [6.07, 6.45) is 1.04. The molecule has 1 heterocycles. The predicted octanol–water partition coefficient (Wildman–Crippen LogP) is 3.85. The van der Waals surface area contributed by atoms with Crippen LogP contribution in [0, 0.1) is 25.2 Å². The van der Waals surface area contributed by atoms with E-state index in [1.54, 1.807) is 0 Å². The van der Waals surface area contributed by atoms with E-state index < -0.39 is 0 Å². The first kappa shape index (κ1) is 18.0. The van der Waals surface area contributed by atoms with Crippen molar-refractivity contribution in [1.29, 1.82) is 5.26 Å².